The number of hydrogen-bond donors (Lipinski definition) is 0. The minimum atomic E-state index is -0.535. The van der Waals surface area contributed by atoms with Crippen LogP contribution in [0.3, 0.4) is 0 Å². The highest BCUT2D eigenvalue weighted by atomic mass is 16.5. The van der Waals surface area contributed by atoms with Crippen LogP contribution >= 0.6 is 0 Å². The van der Waals surface area contributed by atoms with E-state index < -0.39 is 18.0 Å². The van der Waals surface area contributed by atoms with Crippen LogP contribution in [0.5, 0.6) is 0 Å². The molecular formula is C12H17NO4. The van der Waals surface area contributed by atoms with Crippen LogP contribution < -0.4 is 0 Å². The zero-order valence-electron chi connectivity index (χ0n) is 9.76. The van der Waals surface area contributed by atoms with Gasteiger partial charge in [-0.3, -0.25) is 14.5 Å². The van der Waals surface area contributed by atoms with Gasteiger partial charge in [-0.15, -0.1) is 0 Å². The molecule has 94 valence electrons. The van der Waals surface area contributed by atoms with Gasteiger partial charge in [0, 0.05) is 13.1 Å². The summed E-state index contributed by atoms with van der Waals surface area (Å²) in [4.78, 5) is 24.9. The highest BCUT2D eigenvalue weighted by Gasteiger charge is 2.36. The fraction of sp³-hybridized carbons (Fsp3) is 0.500. The molecule has 0 N–H and O–H groups in total. The van der Waals surface area contributed by atoms with Crippen LogP contribution in [0.4, 0.5) is 0 Å². The van der Waals surface area contributed by atoms with Crippen molar-refractivity contribution < 1.29 is 19.1 Å². The third kappa shape index (κ3) is 4.82. The normalized spacial score (nSPS) is 15.8. The van der Waals surface area contributed by atoms with Crippen molar-refractivity contribution in [1.29, 1.82) is 0 Å². The third-order valence-corrected chi connectivity index (χ3v) is 2.26. The minimum Gasteiger partial charge on any atom is -0.461 e. The summed E-state index contributed by atoms with van der Waals surface area (Å²) < 4.78 is 9.78. The molecule has 1 aliphatic heterocycles. The first-order valence-corrected chi connectivity index (χ1v) is 5.47. The lowest BCUT2D eigenvalue weighted by Crippen LogP contribution is -2.34. The Balaban J connectivity index is 2.42. The van der Waals surface area contributed by atoms with Crippen LogP contribution in [0.1, 0.15) is 6.42 Å². The van der Waals surface area contributed by atoms with Gasteiger partial charge in [0.25, 0.3) is 0 Å². The van der Waals surface area contributed by atoms with Crippen molar-refractivity contribution in [2.75, 3.05) is 26.3 Å². The van der Waals surface area contributed by atoms with Gasteiger partial charge in [-0.05, 0) is 0 Å². The monoisotopic (exact) mass is 239 g/mol. The van der Waals surface area contributed by atoms with Crippen LogP contribution in [-0.4, -0.2) is 49.2 Å². The Labute approximate surface area is 101 Å². The predicted molar refractivity (Wildman–Crippen MR) is 62.3 cm³/mol. The lowest BCUT2D eigenvalue weighted by Gasteiger charge is -2.15. The van der Waals surface area contributed by atoms with E-state index in [9.17, 15) is 9.59 Å². The Morgan fingerprint density at radius 1 is 1.18 bits per heavy atom. The lowest BCUT2D eigenvalue weighted by atomic mass is 10.2. The molecule has 1 saturated heterocycles. The summed E-state index contributed by atoms with van der Waals surface area (Å²) in [7, 11) is 0. The van der Waals surface area contributed by atoms with Crippen LogP contribution in [0.15, 0.2) is 25.3 Å². The second-order valence-electron chi connectivity index (χ2n) is 3.65. The van der Waals surface area contributed by atoms with E-state index in [0.29, 0.717) is 0 Å². The molecule has 0 unspecified atom stereocenters. The molecule has 5 nitrogen and oxygen atoms in total. The standard InChI is InChI=1S/C12H17NO4/c1-3-7-16-11(14)9-10(13-5-6-13)12(15)17-8-4-2/h3-4,10H,1-2,5-9H2/t10-/m0/s1. The van der Waals surface area contributed by atoms with E-state index in [4.69, 9.17) is 9.47 Å². The van der Waals surface area contributed by atoms with E-state index in [1.54, 1.807) is 0 Å². The lowest BCUT2D eigenvalue weighted by molar-refractivity contribution is -0.153. The first-order valence-electron chi connectivity index (χ1n) is 5.47. The van der Waals surface area contributed by atoms with Gasteiger partial charge in [0.2, 0.25) is 0 Å². The second-order valence-corrected chi connectivity index (χ2v) is 3.65. The highest BCUT2D eigenvalue weighted by Crippen LogP contribution is 2.16. The molecule has 17 heavy (non-hydrogen) atoms. The van der Waals surface area contributed by atoms with Gasteiger partial charge in [-0.1, -0.05) is 25.3 Å². The number of nitrogens with zero attached hydrogens (tertiary/aromatic N) is 1. The summed E-state index contributed by atoms with van der Waals surface area (Å²) >= 11 is 0. The maximum absolute atomic E-state index is 11.7. The fourth-order valence-electron chi connectivity index (χ4n) is 1.34. The molecule has 0 saturated carbocycles. The van der Waals surface area contributed by atoms with Crippen LogP contribution in [-0.2, 0) is 19.1 Å². The van der Waals surface area contributed by atoms with Gasteiger partial charge in [0.1, 0.15) is 19.3 Å². The largest absolute Gasteiger partial charge is 0.461 e. The zero-order chi connectivity index (χ0) is 12.7. The Kier molecular flexibility index (Phi) is 5.42. The van der Waals surface area contributed by atoms with E-state index in [-0.39, 0.29) is 19.6 Å². The highest BCUT2D eigenvalue weighted by molar-refractivity contribution is 5.83. The maximum atomic E-state index is 11.7. The van der Waals surface area contributed by atoms with Gasteiger partial charge in [0.15, 0.2) is 0 Å². The van der Waals surface area contributed by atoms with Crippen molar-refractivity contribution in [2.45, 2.75) is 12.5 Å². The topological polar surface area (TPSA) is 55.6 Å². The molecule has 0 spiro atoms. The van der Waals surface area contributed by atoms with Crippen molar-refractivity contribution in [1.82, 2.24) is 4.90 Å². The summed E-state index contributed by atoms with van der Waals surface area (Å²) in [5.41, 5.74) is 0. The number of carbonyl (C=O) groups excluding carboxylic acids is 2. The van der Waals surface area contributed by atoms with Gasteiger partial charge in [0.05, 0.1) is 6.42 Å². The molecular weight excluding hydrogens is 222 g/mol. The number of esters is 2. The van der Waals surface area contributed by atoms with Gasteiger partial charge < -0.3 is 9.47 Å². The number of rotatable bonds is 8. The molecule has 1 atom stereocenters. The van der Waals surface area contributed by atoms with Crippen LogP contribution in [0, 0.1) is 0 Å². The van der Waals surface area contributed by atoms with Gasteiger partial charge in [-0.2, -0.15) is 0 Å². The zero-order valence-corrected chi connectivity index (χ0v) is 9.76. The smallest absolute Gasteiger partial charge is 0.324 e. The van der Waals surface area contributed by atoms with E-state index in [0.717, 1.165) is 13.1 Å². The van der Waals surface area contributed by atoms with Crippen molar-refractivity contribution in [3.8, 4) is 0 Å². The quantitative estimate of drug-likeness (QED) is 0.351. The number of ether oxygens (including phenoxy) is 2. The van der Waals surface area contributed by atoms with Crippen molar-refractivity contribution in [3.63, 3.8) is 0 Å². The molecule has 1 aliphatic rings. The number of carbonyl (C=O) groups is 2. The molecule has 1 fully saturated rings. The van der Waals surface area contributed by atoms with E-state index >= 15 is 0 Å². The first kappa shape index (κ1) is 13.4. The van der Waals surface area contributed by atoms with E-state index in [1.165, 1.54) is 12.2 Å². The Morgan fingerprint density at radius 3 is 2.29 bits per heavy atom. The van der Waals surface area contributed by atoms with Crippen molar-refractivity contribution >= 4 is 11.9 Å². The molecule has 0 bridgehead atoms. The number of hydrogen-bond acceptors (Lipinski definition) is 5. The molecule has 0 aromatic carbocycles. The van der Waals surface area contributed by atoms with Crippen LogP contribution in [0.2, 0.25) is 0 Å². The van der Waals surface area contributed by atoms with Crippen molar-refractivity contribution in [2.24, 2.45) is 0 Å². The summed E-state index contributed by atoms with van der Waals surface area (Å²) in [5, 5.41) is 0. The molecule has 0 aromatic heterocycles. The molecule has 1 heterocycles. The molecule has 1 rings (SSSR count). The van der Waals surface area contributed by atoms with E-state index in [2.05, 4.69) is 13.2 Å². The van der Waals surface area contributed by atoms with Crippen LogP contribution in [0.25, 0.3) is 0 Å². The summed E-state index contributed by atoms with van der Waals surface area (Å²) in [5.74, 6) is -0.824. The molecule has 0 aromatic rings. The first-order chi connectivity index (χ1) is 8.19. The third-order valence-electron chi connectivity index (χ3n) is 2.26. The maximum Gasteiger partial charge on any atom is 0.324 e. The Bertz CT molecular complexity index is 310. The average molecular weight is 239 g/mol. The Hall–Kier alpha value is -1.62. The van der Waals surface area contributed by atoms with Gasteiger partial charge >= 0.3 is 11.9 Å². The second kappa shape index (κ2) is 6.85. The predicted octanol–water partition coefficient (Wildman–Crippen LogP) is 0.519. The summed E-state index contributed by atoms with van der Waals surface area (Å²) in [6, 6.07) is -0.535. The molecule has 0 radical (unpaired) electrons. The Morgan fingerprint density at radius 2 is 1.76 bits per heavy atom. The fourth-order valence-corrected chi connectivity index (χ4v) is 1.34. The van der Waals surface area contributed by atoms with E-state index in [1.807, 2.05) is 4.90 Å². The average Bonchev–Trinajstić information content (AvgIpc) is 3.14. The van der Waals surface area contributed by atoms with Crippen molar-refractivity contribution in [3.05, 3.63) is 25.3 Å². The molecule has 0 amide bonds. The summed E-state index contributed by atoms with van der Waals surface area (Å²) in [6.45, 7) is 8.84. The molecule has 0 aliphatic carbocycles. The minimum absolute atomic E-state index is 0.0177. The van der Waals surface area contributed by atoms with Gasteiger partial charge in [-0.25, -0.2) is 0 Å². The SMILES string of the molecule is C=CCOC(=O)C[C@@H](C(=O)OCC=C)N1CC1. The molecule has 5 heteroatoms. The summed E-state index contributed by atoms with van der Waals surface area (Å²) in [6.07, 6.45) is 3.00.